The molecule has 0 saturated carbocycles. The summed E-state index contributed by atoms with van der Waals surface area (Å²) in [5.74, 6) is -0.115. The van der Waals surface area contributed by atoms with Gasteiger partial charge in [0, 0.05) is 43.7 Å². The minimum atomic E-state index is -0.115. The number of aromatic nitrogens is 1. The second-order valence-corrected chi connectivity index (χ2v) is 10.7. The number of benzene rings is 1. The number of hydrogen-bond acceptors (Lipinski definition) is 8. The molecule has 2 saturated heterocycles. The lowest BCUT2D eigenvalue weighted by Gasteiger charge is -2.34. The van der Waals surface area contributed by atoms with Crippen LogP contribution in [0.2, 0.25) is 0 Å². The lowest BCUT2D eigenvalue weighted by molar-refractivity contribution is -0.0707. The van der Waals surface area contributed by atoms with E-state index in [1.54, 1.807) is 0 Å². The molecule has 5 rings (SSSR count). The van der Waals surface area contributed by atoms with Gasteiger partial charge in [-0.2, -0.15) is 0 Å². The van der Waals surface area contributed by atoms with Crippen molar-refractivity contribution < 1.29 is 14.3 Å². The number of thiophene rings is 1. The molecule has 0 spiro atoms. The average Bonchev–Trinajstić information content (AvgIpc) is 3.47. The number of hydrogen-bond donors (Lipinski definition) is 1. The monoisotopic (exact) mass is 498 g/mol. The third-order valence-corrected chi connectivity index (χ3v) is 7.97. The van der Waals surface area contributed by atoms with E-state index in [-0.39, 0.29) is 18.1 Å². The van der Waals surface area contributed by atoms with Crippen LogP contribution >= 0.6 is 22.7 Å². The van der Waals surface area contributed by atoms with Crippen molar-refractivity contribution in [1.82, 2.24) is 9.88 Å². The smallest absolute Gasteiger partial charge is 0.267 e. The van der Waals surface area contributed by atoms with E-state index < -0.39 is 0 Å². The standard InChI is InChI=1S/C25H30N4O3S2/c1-17-13-28(14-18(2)32-17)15-20-16-33-25(26-20)27-23(30)22-12-21(19-6-4-3-5-7-19)24(34-22)29-8-10-31-11-9-29/h3-7,12,16-18H,8-11,13-15H2,1-2H3,(H,26,27,30)/t17-,18-/m0/s1. The number of morpholine rings is 2. The van der Waals surface area contributed by atoms with E-state index in [1.165, 1.54) is 22.7 Å². The summed E-state index contributed by atoms with van der Waals surface area (Å²) in [4.78, 5) is 23.2. The SMILES string of the molecule is C[C@H]1CN(Cc2csc(NC(=O)c3cc(-c4ccccc4)c(N4CCOCC4)s3)n2)C[C@H](C)O1. The summed E-state index contributed by atoms with van der Waals surface area (Å²) in [6.07, 6.45) is 0.444. The van der Waals surface area contributed by atoms with Gasteiger partial charge in [-0.3, -0.25) is 15.0 Å². The molecule has 9 heteroatoms. The zero-order valence-corrected chi connectivity index (χ0v) is 21.2. The molecule has 0 aliphatic carbocycles. The predicted octanol–water partition coefficient (Wildman–Crippen LogP) is 4.57. The minimum absolute atomic E-state index is 0.115. The van der Waals surface area contributed by atoms with Gasteiger partial charge < -0.3 is 14.4 Å². The molecule has 1 amide bonds. The van der Waals surface area contributed by atoms with Gasteiger partial charge in [0.2, 0.25) is 0 Å². The molecule has 34 heavy (non-hydrogen) atoms. The summed E-state index contributed by atoms with van der Waals surface area (Å²) in [7, 11) is 0. The van der Waals surface area contributed by atoms with Crippen molar-refractivity contribution in [3.63, 3.8) is 0 Å². The van der Waals surface area contributed by atoms with Crippen molar-refractivity contribution in [2.45, 2.75) is 32.6 Å². The first-order valence-electron chi connectivity index (χ1n) is 11.7. The molecule has 0 bridgehead atoms. The van der Waals surface area contributed by atoms with Crippen LogP contribution in [0, 0.1) is 0 Å². The van der Waals surface area contributed by atoms with E-state index in [1.807, 2.05) is 29.6 Å². The Hall–Kier alpha value is -2.30. The zero-order chi connectivity index (χ0) is 23.5. The fourth-order valence-electron chi connectivity index (χ4n) is 4.56. The summed E-state index contributed by atoms with van der Waals surface area (Å²) >= 11 is 3.01. The number of rotatable bonds is 6. The van der Waals surface area contributed by atoms with E-state index in [4.69, 9.17) is 9.47 Å². The van der Waals surface area contributed by atoms with E-state index in [0.717, 1.165) is 54.5 Å². The molecule has 2 aliphatic rings. The highest BCUT2D eigenvalue weighted by Crippen LogP contribution is 2.39. The van der Waals surface area contributed by atoms with Crippen molar-refractivity contribution in [2.75, 3.05) is 49.6 Å². The van der Waals surface area contributed by atoms with Gasteiger partial charge in [0.25, 0.3) is 5.91 Å². The van der Waals surface area contributed by atoms with Gasteiger partial charge in [0.05, 0.1) is 41.0 Å². The fourth-order valence-corrected chi connectivity index (χ4v) is 6.38. The highest BCUT2D eigenvalue weighted by molar-refractivity contribution is 7.19. The van der Waals surface area contributed by atoms with Gasteiger partial charge in [-0.05, 0) is 25.5 Å². The number of nitrogens with one attached hydrogen (secondary N) is 1. The van der Waals surface area contributed by atoms with Crippen molar-refractivity contribution >= 4 is 38.7 Å². The van der Waals surface area contributed by atoms with Crippen molar-refractivity contribution in [3.05, 3.63) is 52.3 Å². The number of carbonyl (C=O) groups excluding carboxylic acids is 1. The lowest BCUT2D eigenvalue weighted by Crippen LogP contribution is -2.44. The van der Waals surface area contributed by atoms with E-state index in [0.29, 0.717) is 23.2 Å². The fraction of sp³-hybridized carbons (Fsp3) is 0.440. The Kier molecular flexibility index (Phi) is 7.26. The molecule has 2 atom stereocenters. The number of amides is 1. The Morgan fingerprint density at radius 2 is 1.88 bits per heavy atom. The maximum absolute atomic E-state index is 13.2. The van der Waals surface area contributed by atoms with Gasteiger partial charge in [-0.25, -0.2) is 4.98 Å². The van der Waals surface area contributed by atoms with Gasteiger partial charge in [0.1, 0.15) is 0 Å². The first-order chi connectivity index (χ1) is 16.5. The Morgan fingerprint density at radius 3 is 2.62 bits per heavy atom. The quantitative estimate of drug-likeness (QED) is 0.537. The molecule has 1 N–H and O–H groups in total. The predicted molar refractivity (Wildman–Crippen MR) is 138 cm³/mol. The van der Waals surface area contributed by atoms with Gasteiger partial charge in [0.15, 0.2) is 5.13 Å². The van der Waals surface area contributed by atoms with Crippen LogP contribution in [0.3, 0.4) is 0 Å². The molecule has 2 aromatic heterocycles. The van der Waals surface area contributed by atoms with Crippen molar-refractivity contribution in [2.24, 2.45) is 0 Å². The highest BCUT2D eigenvalue weighted by Gasteiger charge is 2.24. The van der Waals surface area contributed by atoms with E-state index in [9.17, 15) is 4.79 Å². The second kappa shape index (κ2) is 10.5. The molecule has 2 fully saturated rings. The van der Waals surface area contributed by atoms with Crippen LogP contribution in [0.25, 0.3) is 11.1 Å². The molecule has 4 heterocycles. The molecule has 1 aromatic carbocycles. The van der Waals surface area contributed by atoms with Crippen LogP contribution in [-0.4, -0.2) is 67.4 Å². The maximum atomic E-state index is 13.2. The second-order valence-electron chi connectivity index (χ2n) is 8.84. The van der Waals surface area contributed by atoms with Crippen LogP contribution < -0.4 is 10.2 Å². The lowest BCUT2D eigenvalue weighted by atomic mass is 10.1. The average molecular weight is 499 g/mol. The van der Waals surface area contributed by atoms with E-state index >= 15 is 0 Å². The largest absolute Gasteiger partial charge is 0.378 e. The molecular weight excluding hydrogens is 468 g/mol. The molecule has 2 aliphatic heterocycles. The maximum Gasteiger partial charge on any atom is 0.267 e. The van der Waals surface area contributed by atoms with Crippen LogP contribution in [0.5, 0.6) is 0 Å². The topological polar surface area (TPSA) is 66.9 Å². The Bertz CT molecular complexity index is 1100. The normalized spacial score (nSPS) is 21.5. The molecule has 0 unspecified atom stereocenters. The summed E-state index contributed by atoms with van der Waals surface area (Å²) < 4.78 is 11.4. The summed E-state index contributed by atoms with van der Waals surface area (Å²) in [6.45, 7) is 9.83. The van der Waals surface area contributed by atoms with Crippen LogP contribution in [0.15, 0.2) is 41.8 Å². The summed E-state index contributed by atoms with van der Waals surface area (Å²) in [5.41, 5.74) is 3.18. The van der Waals surface area contributed by atoms with Crippen LogP contribution in [0.4, 0.5) is 10.1 Å². The molecule has 3 aromatic rings. The van der Waals surface area contributed by atoms with Crippen molar-refractivity contribution in [3.8, 4) is 11.1 Å². The molecule has 180 valence electrons. The number of ether oxygens (including phenoxy) is 2. The Morgan fingerprint density at radius 1 is 1.15 bits per heavy atom. The van der Waals surface area contributed by atoms with Crippen molar-refractivity contribution in [1.29, 1.82) is 0 Å². The Balaban J connectivity index is 1.31. The van der Waals surface area contributed by atoms with Crippen LogP contribution in [0.1, 0.15) is 29.2 Å². The van der Waals surface area contributed by atoms with Gasteiger partial charge >= 0.3 is 0 Å². The first-order valence-corrected chi connectivity index (χ1v) is 13.4. The van der Waals surface area contributed by atoms with E-state index in [2.05, 4.69) is 46.1 Å². The molecular formula is C25H30N4O3S2. The number of carbonyl (C=O) groups is 1. The minimum Gasteiger partial charge on any atom is -0.378 e. The number of nitrogens with zero attached hydrogens (tertiary/aromatic N) is 3. The van der Waals surface area contributed by atoms with Gasteiger partial charge in [-0.15, -0.1) is 22.7 Å². The highest BCUT2D eigenvalue weighted by atomic mass is 32.1. The summed E-state index contributed by atoms with van der Waals surface area (Å²) in [6, 6.07) is 12.3. The first kappa shape index (κ1) is 23.4. The zero-order valence-electron chi connectivity index (χ0n) is 19.5. The third kappa shape index (κ3) is 5.50. The van der Waals surface area contributed by atoms with Gasteiger partial charge in [-0.1, -0.05) is 30.3 Å². The van der Waals surface area contributed by atoms with Crippen LogP contribution in [-0.2, 0) is 16.0 Å². The molecule has 7 nitrogen and oxygen atoms in total. The third-order valence-electron chi connectivity index (χ3n) is 5.97. The summed E-state index contributed by atoms with van der Waals surface area (Å²) in [5, 5.41) is 6.81. The Labute approximate surface area is 208 Å². The molecule has 0 radical (unpaired) electrons. The number of anilines is 2. The number of thiazole rings is 1.